The first-order valence-electron chi connectivity index (χ1n) is 28.5. The lowest BCUT2D eigenvalue weighted by Crippen LogP contribution is -2.83. The highest BCUT2D eigenvalue weighted by atomic mass is 14.9. The van der Waals surface area contributed by atoms with Gasteiger partial charge >= 0.3 is 0 Å². The number of rotatable bonds is 34. The fourth-order valence-electron chi connectivity index (χ4n) is 17.9. The minimum Gasteiger partial charge on any atom is -0.0654 e. The van der Waals surface area contributed by atoms with Gasteiger partial charge < -0.3 is 0 Å². The molecule has 0 nitrogen and oxygen atoms in total. The van der Waals surface area contributed by atoms with Gasteiger partial charge in [0.2, 0.25) is 0 Å². The largest absolute Gasteiger partial charge is 0.0654 e. The first kappa shape index (κ1) is 53.3. The number of unbranched alkanes of at least 4 members (excludes halogenated alkanes) is 9. The summed E-state index contributed by atoms with van der Waals surface area (Å²) in [6.45, 7) is 34.6. The van der Waals surface area contributed by atoms with Crippen molar-refractivity contribution < 1.29 is 0 Å². The Morgan fingerprint density at radius 2 is 0.780 bits per heavy atom. The van der Waals surface area contributed by atoms with Gasteiger partial charge in [-0.1, -0.05) is 238 Å². The molecule has 0 heterocycles. The van der Waals surface area contributed by atoms with E-state index in [0.717, 1.165) is 17.8 Å². The minimum atomic E-state index is 0.288. The minimum absolute atomic E-state index is 0.288. The van der Waals surface area contributed by atoms with Crippen molar-refractivity contribution in [3.8, 4) is 0 Å². The lowest BCUT2D eigenvalue weighted by molar-refractivity contribution is -0.411. The molecule has 0 aliphatic heterocycles. The van der Waals surface area contributed by atoms with Gasteiger partial charge in [0.05, 0.1) is 0 Å². The zero-order valence-corrected chi connectivity index (χ0v) is 43.7. The molecule has 3 fully saturated rings. The van der Waals surface area contributed by atoms with Crippen LogP contribution in [-0.2, 0) is 0 Å². The molecule has 0 N–H and O–H groups in total. The van der Waals surface area contributed by atoms with Gasteiger partial charge in [0, 0.05) is 0 Å². The van der Waals surface area contributed by atoms with Gasteiger partial charge in [0.1, 0.15) is 0 Å². The molecule has 0 saturated heterocycles. The molecule has 0 amide bonds. The lowest BCUT2D eigenvalue weighted by Gasteiger charge is -2.88. The van der Waals surface area contributed by atoms with Crippen LogP contribution in [0.1, 0.15) is 321 Å². The first-order valence-corrected chi connectivity index (χ1v) is 28.5. The molecule has 3 aliphatic rings. The van der Waals surface area contributed by atoms with Gasteiger partial charge in [-0.05, 0) is 139 Å². The highest BCUT2D eigenvalue weighted by molar-refractivity contribution is 5.35. The van der Waals surface area contributed by atoms with Crippen molar-refractivity contribution in [3.05, 3.63) is 0 Å². The molecule has 5 unspecified atom stereocenters. The molecule has 0 spiro atoms. The zero-order chi connectivity index (χ0) is 43.7. The van der Waals surface area contributed by atoms with Crippen molar-refractivity contribution in [2.75, 3.05) is 0 Å². The maximum atomic E-state index is 2.98. The van der Waals surface area contributed by atoms with Crippen molar-refractivity contribution in [2.45, 2.75) is 321 Å². The van der Waals surface area contributed by atoms with E-state index in [9.17, 15) is 0 Å². The quantitative estimate of drug-likeness (QED) is 0.0606. The Labute approximate surface area is 375 Å². The van der Waals surface area contributed by atoms with Crippen LogP contribution in [0, 0.1) is 55.7 Å². The molecule has 0 heteroatoms. The molecule has 0 radical (unpaired) electrons. The third kappa shape index (κ3) is 9.41. The molecule has 3 saturated carbocycles. The molecule has 0 aromatic heterocycles. The average Bonchev–Trinajstić information content (AvgIpc) is 3.96. The van der Waals surface area contributed by atoms with Crippen LogP contribution >= 0.6 is 0 Å². The summed E-state index contributed by atoms with van der Waals surface area (Å²) in [4.78, 5) is 0. The van der Waals surface area contributed by atoms with E-state index in [1.165, 1.54) is 173 Å². The van der Waals surface area contributed by atoms with Crippen LogP contribution in [0.25, 0.3) is 0 Å². The van der Waals surface area contributed by atoms with E-state index in [4.69, 9.17) is 0 Å². The van der Waals surface area contributed by atoms with Crippen LogP contribution in [-0.4, -0.2) is 0 Å². The molecule has 0 bridgehead atoms. The second kappa shape index (κ2) is 24.9. The summed E-state index contributed by atoms with van der Waals surface area (Å²) < 4.78 is 0. The zero-order valence-electron chi connectivity index (χ0n) is 43.7. The summed E-state index contributed by atoms with van der Waals surface area (Å²) in [6, 6.07) is 0. The third-order valence-corrected chi connectivity index (χ3v) is 20.1. The van der Waals surface area contributed by atoms with Gasteiger partial charge in [0.15, 0.2) is 0 Å². The molecule has 59 heavy (non-hydrogen) atoms. The van der Waals surface area contributed by atoms with E-state index >= 15 is 0 Å². The first-order chi connectivity index (χ1) is 28.5. The van der Waals surface area contributed by atoms with Gasteiger partial charge in [-0.2, -0.15) is 0 Å². The topological polar surface area (TPSA) is 0 Å². The van der Waals surface area contributed by atoms with E-state index in [2.05, 4.69) is 90.0 Å². The molecule has 3 aliphatic carbocycles. The Bertz CT molecular complexity index is 1090. The molecular weight excluding hydrogens is 709 g/mol. The lowest BCUT2D eigenvalue weighted by atomic mass is 9.15. The van der Waals surface area contributed by atoms with E-state index in [0.29, 0.717) is 32.5 Å². The second-order valence-corrected chi connectivity index (χ2v) is 23.0. The van der Waals surface area contributed by atoms with Crippen molar-refractivity contribution in [3.63, 3.8) is 0 Å². The SMILES string of the molecule is CCCCC(CC)CC1(CCCC)C(CCCC)(CCCC)C(CCCC)(C2CC2)C(CCCC)(C2CCCC2)C(CCCC)(C(C)(C)CC)C1(CCCC)CCCC. The van der Waals surface area contributed by atoms with E-state index in [1.807, 2.05) is 0 Å². The number of hydrogen-bond acceptors (Lipinski definition) is 0. The Hall–Kier alpha value is 0. The maximum absolute atomic E-state index is 2.98. The average molecular weight is 824 g/mol. The van der Waals surface area contributed by atoms with Crippen LogP contribution in [0.15, 0.2) is 0 Å². The summed E-state index contributed by atoms with van der Waals surface area (Å²) >= 11 is 0. The molecule has 0 aromatic carbocycles. The smallest absolute Gasteiger partial charge is 0.0120 e. The molecule has 0 aromatic rings. The molecular formula is C59H114. The van der Waals surface area contributed by atoms with Crippen LogP contribution in [0.2, 0.25) is 0 Å². The maximum Gasteiger partial charge on any atom is -0.0120 e. The highest BCUT2D eigenvalue weighted by Gasteiger charge is 2.88. The number of hydrogen-bond donors (Lipinski definition) is 0. The summed E-state index contributed by atoms with van der Waals surface area (Å²) in [5, 5.41) is 0. The Kier molecular flexibility index (Phi) is 22.5. The summed E-state index contributed by atoms with van der Waals surface area (Å²) in [5.41, 5.74) is 2.61. The van der Waals surface area contributed by atoms with E-state index in [1.54, 1.807) is 57.8 Å². The normalized spacial score (nSPS) is 29.0. The van der Waals surface area contributed by atoms with Gasteiger partial charge in [0.25, 0.3) is 0 Å². The van der Waals surface area contributed by atoms with Crippen molar-refractivity contribution >= 4 is 0 Å². The van der Waals surface area contributed by atoms with Gasteiger partial charge in [-0.3, -0.25) is 0 Å². The Balaban J connectivity index is 3.07. The fraction of sp³-hybridized carbons (Fsp3) is 1.00. The monoisotopic (exact) mass is 823 g/mol. The van der Waals surface area contributed by atoms with Crippen molar-refractivity contribution in [2.24, 2.45) is 55.7 Å². The highest BCUT2D eigenvalue weighted by Crippen LogP contribution is 2.94. The Morgan fingerprint density at radius 1 is 0.407 bits per heavy atom. The van der Waals surface area contributed by atoms with E-state index < -0.39 is 0 Å². The molecule has 350 valence electrons. The van der Waals surface area contributed by atoms with Gasteiger partial charge in [-0.15, -0.1) is 0 Å². The van der Waals surface area contributed by atoms with Crippen LogP contribution < -0.4 is 0 Å². The second-order valence-electron chi connectivity index (χ2n) is 23.0. The standard InChI is InChI=1S/C59H114/c1-14-25-36-50(23-10)49-56(45-30-19-6)54(41-26-15-2,42-27-16-3)57(46-31-20-7,52-39-40-52)58(47-32-21-8,51-37-34-35-38-51)59(48-33-22-9,53(12,13)24-11)55(56,43-28-17-4)44-29-18-5/h50-52H,14-49H2,1-13H3. The van der Waals surface area contributed by atoms with Crippen LogP contribution in [0.5, 0.6) is 0 Å². The fourth-order valence-corrected chi connectivity index (χ4v) is 17.9. The van der Waals surface area contributed by atoms with Crippen LogP contribution in [0.3, 0.4) is 0 Å². The predicted molar refractivity (Wildman–Crippen MR) is 267 cm³/mol. The third-order valence-electron chi connectivity index (χ3n) is 20.1. The van der Waals surface area contributed by atoms with Crippen LogP contribution in [0.4, 0.5) is 0 Å². The summed E-state index contributed by atoms with van der Waals surface area (Å²) in [6.07, 6.45) is 52.8. The molecule has 3 rings (SSSR count). The van der Waals surface area contributed by atoms with Crippen molar-refractivity contribution in [1.82, 2.24) is 0 Å². The molecule has 5 atom stereocenters. The Morgan fingerprint density at radius 3 is 1.19 bits per heavy atom. The summed E-state index contributed by atoms with van der Waals surface area (Å²) in [5.74, 6) is 2.72. The van der Waals surface area contributed by atoms with Crippen molar-refractivity contribution in [1.29, 1.82) is 0 Å². The van der Waals surface area contributed by atoms with E-state index in [-0.39, 0.29) is 5.41 Å². The predicted octanol–water partition coefficient (Wildman–Crippen LogP) is 21.1. The summed E-state index contributed by atoms with van der Waals surface area (Å²) in [7, 11) is 0. The van der Waals surface area contributed by atoms with Gasteiger partial charge in [-0.25, -0.2) is 0 Å².